The Kier molecular flexibility index (Phi) is 15.9. The van der Waals surface area contributed by atoms with Gasteiger partial charge in [-0.15, -0.1) is 0 Å². The standard InChI is InChI=1S/C26H55N4O4P/c1-7-9-11-13-15-17-24(18-16-14-12-10-8-2)34-35(32,28(5)6)30-21-19-29(20-22-30)25(31)26(3,4)33-23-27/h24H,7-23,27H2,1-6H3. The average molecular weight is 519 g/mol. The van der Waals surface area contributed by atoms with Crippen LogP contribution in [0.1, 0.15) is 105 Å². The van der Waals surface area contributed by atoms with Crippen LogP contribution in [0.15, 0.2) is 0 Å². The smallest absolute Gasteiger partial charge is 0.345 e. The van der Waals surface area contributed by atoms with Gasteiger partial charge in [0.15, 0.2) is 0 Å². The third-order valence-electron chi connectivity index (χ3n) is 6.91. The van der Waals surface area contributed by atoms with Crippen LogP contribution in [0, 0.1) is 0 Å². The SMILES string of the molecule is CCCCCCCC(CCCCCCC)OP(=O)(N(C)C)N1CCN(C(=O)C(C)(C)OCN)CC1. The van der Waals surface area contributed by atoms with E-state index >= 15 is 0 Å². The van der Waals surface area contributed by atoms with Gasteiger partial charge in [0.1, 0.15) is 5.60 Å². The molecule has 1 atom stereocenters. The van der Waals surface area contributed by atoms with Crippen molar-refractivity contribution in [3.63, 3.8) is 0 Å². The van der Waals surface area contributed by atoms with E-state index in [9.17, 15) is 9.36 Å². The second kappa shape index (κ2) is 17.1. The predicted molar refractivity (Wildman–Crippen MR) is 145 cm³/mol. The highest BCUT2D eigenvalue weighted by Crippen LogP contribution is 2.54. The molecule has 0 aromatic carbocycles. The average Bonchev–Trinajstić information content (AvgIpc) is 2.82. The molecule has 8 nitrogen and oxygen atoms in total. The quantitative estimate of drug-likeness (QED) is 0.135. The first-order valence-corrected chi connectivity index (χ1v) is 15.5. The van der Waals surface area contributed by atoms with Crippen LogP contribution in [0.2, 0.25) is 0 Å². The summed E-state index contributed by atoms with van der Waals surface area (Å²) in [7, 11) is 0.508. The molecule has 0 spiro atoms. The van der Waals surface area contributed by atoms with Gasteiger partial charge in [-0.1, -0.05) is 78.1 Å². The lowest BCUT2D eigenvalue weighted by molar-refractivity contribution is -0.155. The summed E-state index contributed by atoms with van der Waals surface area (Å²) in [5.41, 5.74) is 4.54. The maximum Gasteiger partial charge on any atom is 0.345 e. The molecule has 9 heteroatoms. The number of piperazine rings is 1. The monoisotopic (exact) mass is 518 g/mol. The minimum atomic E-state index is -3.18. The maximum atomic E-state index is 14.2. The van der Waals surface area contributed by atoms with Gasteiger partial charge in [0, 0.05) is 26.2 Å². The van der Waals surface area contributed by atoms with Crippen molar-refractivity contribution in [1.29, 1.82) is 0 Å². The van der Waals surface area contributed by atoms with E-state index < -0.39 is 13.3 Å². The van der Waals surface area contributed by atoms with E-state index in [2.05, 4.69) is 13.8 Å². The largest absolute Gasteiger partial charge is 0.351 e. The van der Waals surface area contributed by atoms with E-state index in [1.54, 1.807) is 23.4 Å². The van der Waals surface area contributed by atoms with Crippen LogP contribution in [0.25, 0.3) is 0 Å². The molecular formula is C26H55N4O4P. The zero-order valence-corrected chi connectivity index (χ0v) is 24.5. The Labute approximate surface area is 215 Å². The van der Waals surface area contributed by atoms with Gasteiger partial charge in [0.25, 0.3) is 5.91 Å². The number of carbonyl (C=O) groups excluding carboxylic acids is 1. The topological polar surface area (TPSA) is 88.3 Å². The zero-order valence-electron chi connectivity index (χ0n) is 23.6. The summed E-state index contributed by atoms with van der Waals surface area (Å²) in [5.74, 6) is -0.0831. The second-order valence-corrected chi connectivity index (χ2v) is 13.1. The van der Waals surface area contributed by atoms with Crippen molar-refractivity contribution < 1.29 is 18.6 Å². The number of carbonyl (C=O) groups is 1. The van der Waals surface area contributed by atoms with E-state index in [0.717, 1.165) is 25.7 Å². The molecule has 0 bridgehead atoms. The molecular weight excluding hydrogens is 463 g/mol. The van der Waals surface area contributed by atoms with Crippen LogP contribution in [0.3, 0.4) is 0 Å². The van der Waals surface area contributed by atoms with Crippen LogP contribution in [0.4, 0.5) is 0 Å². The van der Waals surface area contributed by atoms with Crippen LogP contribution in [-0.4, -0.2) is 78.9 Å². The first kappa shape index (κ1) is 32.5. The van der Waals surface area contributed by atoms with Crippen LogP contribution in [-0.2, 0) is 18.6 Å². The van der Waals surface area contributed by atoms with Gasteiger partial charge in [-0.05, 0) is 40.8 Å². The van der Waals surface area contributed by atoms with Gasteiger partial charge < -0.3 is 19.9 Å². The number of unbranched alkanes of at least 4 members (excludes halogenated alkanes) is 8. The number of amides is 1. The predicted octanol–water partition coefficient (Wildman–Crippen LogP) is 5.62. The number of nitrogens with two attached hydrogens (primary N) is 1. The Morgan fingerprint density at radius 1 is 0.914 bits per heavy atom. The Hall–Kier alpha value is -0.500. The Morgan fingerprint density at radius 3 is 1.83 bits per heavy atom. The molecule has 1 amide bonds. The van der Waals surface area contributed by atoms with Gasteiger partial charge in [0.05, 0.1) is 12.8 Å². The zero-order chi connectivity index (χ0) is 26.3. The fourth-order valence-corrected chi connectivity index (χ4v) is 6.72. The van der Waals surface area contributed by atoms with Crippen molar-refractivity contribution in [1.82, 2.24) is 14.2 Å². The number of rotatable bonds is 19. The Morgan fingerprint density at radius 2 is 1.40 bits per heavy atom. The van der Waals surface area contributed by atoms with Crippen LogP contribution in [0.5, 0.6) is 0 Å². The summed E-state index contributed by atoms with van der Waals surface area (Å²) < 4.78 is 29.9. The third-order valence-corrected chi connectivity index (χ3v) is 9.61. The fourth-order valence-electron chi connectivity index (χ4n) is 4.61. The lowest BCUT2D eigenvalue weighted by Gasteiger charge is -2.43. The Balaban J connectivity index is 2.79. The van der Waals surface area contributed by atoms with E-state index in [4.69, 9.17) is 15.0 Å². The molecule has 1 heterocycles. The van der Waals surface area contributed by atoms with Crippen molar-refractivity contribution in [3.8, 4) is 0 Å². The summed E-state index contributed by atoms with van der Waals surface area (Å²) in [6.45, 7) is 9.97. The van der Waals surface area contributed by atoms with Crippen molar-refractivity contribution in [2.45, 2.75) is 116 Å². The molecule has 0 aromatic rings. The summed E-state index contributed by atoms with van der Waals surface area (Å²) >= 11 is 0. The highest BCUT2D eigenvalue weighted by atomic mass is 31.2. The maximum absolute atomic E-state index is 14.2. The van der Waals surface area contributed by atoms with E-state index in [-0.39, 0.29) is 18.7 Å². The molecule has 0 saturated carbocycles. The summed E-state index contributed by atoms with van der Waals surface area (Å²) in [4.78, 5) is 14.7. The van der Waals surface area contributed by atoms with Crippen molar-refractivity contribution in [2.75, 3.05) is 47.0 Å². The number of hydrogen-bond acceptors (Lipinski definition) is 5. The second-order valence-electron chi connectivity index (χ2n) is 10.5. The molecule has 1 aliphatic heterocycles. The summed E-state index contributed by atoms with van der Waals surface area (Å²) in [5, 5.41) is 0. The number of nitrogens with zero attached hydrogens (tertiary/aromatic N) is 3. The minimum absolute atomic E-state index is 0.000649. The summed E-state index contributed by atoms with van der Waals surface area (Å²) in [6.07, 6.45) is 14.1. The Bertz CT molecular complexity index is 610. The van der Waals surface area contributed by atoms with Gasteiger partial charge in [-0.25, -0.2) is 9.34 Å². The van der Waals surface area contributed by atoms with Gasteiger partial charge in [-0.3, -0.25) is 9.36 Å². The van der Waals surface area contributed by atoms with Gasteiger partial charge in [-0.2, -0.15) is 0 Å². The molecule has 208 valence electrons. The molecule has 35 heavy (non-hydrogen) atoms. The molecule has 1 fully saturated rings. The molecule has 1 saturated heterocycles. The van der Waals surface area contributed by atoms with Crippen LogP contribution < -0.4 is 5.73 Å². The van der Waals surface area contributed by atoms with Crippen molar-refractivity contribution >= 4 is 13.6 Å². The molecule has 0 radical (unpaired) electrons. The molecule has 1 unspecified atom stereocenters. The van der Waals surface area contributed by atoms with Gasteiger partial charge >= 0.3 is 7.67 Å². The number of ether oxygens (including phenoxy) is 1. The summed E-state index contributed by atoms with van der Waals surface area (Å²) in [6, 6.07) is 0. The van der Waals surface area contributed by atoms with E-state index in [1.165, 1.54) is 51.4 Å². The fraction of sp³-hybridized carbons (Fsp3) is 0.962. The highest BCUT2D eigenvalue weighted by Gasteiger charge is 2.41. The lowest BCUT2D eigenvalue weighted by atomic mass is 10.0. The molecule has 0 aromatic heterocycles. The molecule has 1 aliphatic rings. The van der Waals surface area contributed by atoms with E-state index in [1.807, 2.05) is 18.8 Å². The first-order valence-electron chi connectivity index (χ1n) is 14.0. The highest BCUT2D eigenvalue weighted by molar-refractivity contribution is 7.53. The molecule has 2 N–H and O–H groups in total. The third kappa shape index (κ3) is 11.2. The number of hydrogen-bond donors (Lipinski definition) is 1. The first-order chi connectivity index (χ1) is 16.6. The van der Waals surface area contributed by atoms with Crippen molar-refractivity contribution in [3.05, 3.63) is 0 Å². The normalized spacial score (nSPS) is 17.3. The minimum Gasteiger partial charge on any atom is -0.351 e. The lowest BCUT2D eigenvalue weighted by Crippen LogP contribution is -2.55. The molecule has 0 aliphatic carbocycles. The van der Waals surface area contributed by atoms with Gasteiger partial charge in [0.2, 0.25) is 0 Å². The van der Waals surface area contributed by atoms with E-state index in [0.29, 0.717) is 26.2 Å². The molecule has 1 rings (SSSR count). The van der Waals surface area contributed by atoms with Crippen LogP contribution >= 0.6 is 7.67 Å². The van der Waals surface area contributed by atoms with Crippen molar-refractivity contribution in [2.24, 2.45) is 5.73 Å².